The molecular formula is C16H16N4O3S. The average molecular weight is 344 g/mol. The summed E-state index contributed by atoms with van der Waals surface area (Å²) in [5, 5.41) is 18.1. The largest absolute Gasteiger partial charge is 0.495 e. The van der Waals surface area contributed by atoms with Crippen LogP contribution in [0.25, 0.3) is 0 Å². The number of anilines is 1. The normalized spacial score (nSPS) is 10.8. The molecule has 0 aliphatic heterocycles. The van der Waals surface area contributed by atoms with Crippen LogP contribution in [0.1, 0.15) is 12.5 Å². The summed E-state index contributed by atoms with van der Waals surface area (Å²) in [6.45, 7) is 1.78. The number of methoxy groups -OCH3 is 1. The van der Waals surface area contributed by atoms with Gasteiger partial charge in [0.15, 0.2) is 5.11 Å². The van der Waals surface area contributed by atoms with Gasteiger partial charge in [-0.15, -0.1) is 0 Å². The molecule has 0 heterocycles. The van der Waals surface area contributed by atoms with Crippen LogP contribution in [0, 0.1) is 10.1 Å². The van der Waals surface area contributed by atoms with Gasteiger partial charge in [0.2, 0.25) is 0 Å². The summed E-state index contributed by atoms with van der Waals surface area (Å²) >= 11 is 5.19. The van der Waals surface area contributed by atoms with Crippen molar-refractivity contribution in [1.82, 2.24) is 5.43 Å². The molecule has 2 N–H and O–H groups in total. The molecule has 0 amide bonds. The van der Waals surface area contributed by atoms with Gasteiger partial charge in [0, 0.05) is 12.1 Å². The van der Waals surface area contributed by atoms with Crippen molar-refractivity contribution in [2.45, 2.75) is 6.92 Å². The number of ether oxygens (including phenoxy) is 1. The van der Waals surface area contributed by atoms with Crippen LogP contribution < -0.4 is 15.5 Å². The first-order valence-electron chi connectivity index (χ1n) is 7.00. The zero-order valence-corrected chi connectivity index (χ0v) is 14.0. The highest BCUT2D eigenvalue weighted by molar-refractivity contribution is 7.80. The second-order valence-electron chi connectivity index (χ2n) is 4.77. The third kappa shape index (κ3) is 4.50. The molecule has 0 aliphatic carbocycles. The van der Waals surface area contributed by atoms with Gasteiger partial charge in [-0.3, -0.25) is 15.5 Å². The van der Waals surface area contributed by atoms with E-state index in [9.17, 15) is 10.1 Å². The highest BCUT2D eigenvalue weighted by Crippen LogP contribution is 2.22. The van der Waals surface area contributed by atoms with Gasteiger partial charge in [0.25, 0.3) is 5.69 Å². The van der Waals surface area contributed by atoms with E-state index in [0.717, 1.165) is 11.3 Å². The SMILES string of the molecule is COc1ccccc1NC(=S)N/N=C(\C)c1ccc([N+](=O)[O-])cc1. The van der Waals surface area contributed by atoms with E-state index in [1.165, 1.54) is 12.1 Å². The van der Waals surface area contributed by atoms with Crippen LogP contribution in [-0.4, -0.2) is 22.9 Å². The Morgan fingerprint density at radius 2 is 1.88 bits per heavy atom. The molecule has 0 bridgehead atoms. The van der Waals surface area contributed by atoms with E-state index < -0.39 is 4.92 Å². The summed E-state index contributed by atoms with van der Waals surface area (Å²) in [5.41, 5.74) is 4.90. The minimum Gasteiger partial charge on any atom is -0.495 e. The number of nitro benzene ring substituents is 1. The number of thiocarbonyl (C=S) groups is 1. The zero-order valence-electron chi connectivity index (χ0n) is 13.1. The van der Waals surface area contributed by atoms with Crippen molar-refractivity contribution in [2.75, 3.05) is 12.4 Å². The molecule has 0 aliphatic rings. The lowest BCUT2D eigenvalue weighted by molar-refractivity contribution is -0.384. The number of hydrogen-bond donors (Lipinski definition) is 2. The standard InChI is InChI=1S/C16H16N4O3S/c1-11(12-7-9-13(10-8-12)20(21)22)18-19-16(24)17-14-5-3-4-6-15(14)23-2/h3-10H,1-2H3,(H2,17,19,24)/b18-11+. The number of rotatable bonds is 5. The van der Waals surface area contributed by atoms with E-state index in [4.69, 9.17) is 17.0 Å². The molecule has 0 atom stereocenters. The number of para-hydroxylation sites is 2. The molecule has 0 fully saturated rings. The molecule has 7 nitrogen and oxygen atoms in total. The molecule has 0 aromatic heterocycles. The Morgan fingerprint density at radius 1 is 1.21 bits per heavy atom. The van der Waals surface area contributed by atoms with E-state index in [1.54, 1.807) is 26.2 Å². The highest BCUT2D eigenvalue weighted by Gasteiger charge is 2.06. The quantitative estimate of drug-likeness (QED) is 0.374. The van der Waals surface area contributed by atoms with Gasteiger partial charge in [0.05, 0.1) is 23.4 Å². The van der Waals surface area contributed by atoms with Gasteiger partial charge in [0.1, 0.15) is 5.75 Å². The molecule has 2 aromatic rings. The summed E-state index contributed by atoms with van der Waals surface area (Å²) in [6.07, 6.45) is 0. The number of non-ortho nitro benzene ring substituents is 1. The third-order valence-corrected chi connectivity index (χ3v) is 3.37. The van der Waals surface area contributed by atoms with Crippen LogP contribution in [0.2, 0.25) is 0 Å². The van der Waals surface area contributed by atoms with Crippen molar-refractivity contribution < 1.29 is 9.66 Å². The summed E-state index contributed by atoms with van der Waals surface area (Å²) in [5.74, 6) is 0.665. The van der Waals surface area contributed by atoms with E-state index in [-0.39, 0.29) is 5.69 Å². The van der Waals surface area contributed by atoms with E-state index in [0.29, 0.717) is 16.6 Å². The summed E-state index contributed by atoms with van der Waals surface area (Å²) < 4.78 is 5.23. The van der Waals surface area contributed by atoms with Crippen molar-refractivity contribution in [3.63, 3.8) is 0 Å². The first kappa shape index (κ1) is 17.4. The Labute approximate surface area is 144 Å². The predicted molar refractivity (Wildman–Crippen MR) is 97.7 cm³/mol. The molecule has 124 valence electrons. The molecule has 8 heteroatoms. The maximum absolute atomic E-state index is 10.7. The van der Waals surface area contributed by atoms with E-state index >= 15 is 0 Å². The number of nitro groups is 1. The molecule has 0 saturated heterocycles. The van der Waals surface area contributed by atoms with Crippen LogP contribution in [0.4, 0.5) is 11.4 Å². The molecule has 2 aromatic carbocycles. The first-order chi connectivity index (χ1) is 11.5. The Hall–Kier alpha value is -3.00. The van der Waals surface area contributed by atoms with Crippen molar-refractivity contribution >= 4 is 34.4 Å². The number of benzene rings is 2. The maximum Gasteiger partial charge on any atom is 0.269 e. The Balaban J connectivity index is 2.01. The molecule has 0 spiro atoms. The molecule has 0 unspecified atom stereocenters. The van der Waals surface area contributed by atoms with Gasteiger partial charge in [-0.05, 0) is 49.0 Å². The fourth-order valence-corrected chi connectivity index (χ4v) is 2.08. The van der Waals surface area contributed by atoms with E-state index in [1.807, 2.05) is 24.3 Å². The molecular weight excluding hydrogens is 328 g/mol. The lowest BCUT2D eigenvalue weighted by Gasteiger charge is -2.11. The fraction of sp³-hybridized carbons (Fsp3) is 0.125. The molecule has 2 rings (SSSR count). The number of nitrogens with zero attached hydrogens (tertiary/aromatic N) is 2. The number of hydrogen-bond acceptors (Lipinski definition) is 5. The van der Waals surface area contributed by atoms with Gasteiger partial charge < -0.3 is 10.1 Å². The lowest BCUT2D eigenvalue weighted by atomic mass is 10.1. The minimum atomic E-state index is -0.444. The van der Waals surface area contributed by atoms with Gasteiger partial charge in [-0.2, -0.15) is 5.10 Å². The number of hydrazone groups is 1. The van der Waals surface area contributed by atoms with Crippen molar-refractivity contribution in [3.05, 3.63) is 64.2 Å². The van der Waals surface area contributed by atoms with Gasteiger partial charge in [-0.25, -0.2) is 0 Å². The first-order valence-corrected chi connectivity index (χ1v) is 7.41. The van der Waals surface area contributed by atoms with Gasteiger partial charge in [-0.1, -0.05) is 12.1 Å². The fourth-order valence-electron chi connectivity index (χ4n) is 1.92. The zero-order chi connectivity index (χ0) is 17.5. The average Bonchev–Trinajstić information content (AvgIpc) is 2.60. The monoisotopic (exact) mass is 344 g/mol. The Kier molecular flexibility index (Phi) is 5.80. The van der Waals surface area contributed by atoms with Crippen LogP contribution in [0.3, 0.4) is 0 Å². The topological polar surface area (TPSA) is 88.8 Å². The van der Waals surface area contributed by atoms with Crippen molar-refractivity contribution in [3.8, 4) is 5.75 Å². The van der Waals surface area contributed by atoms with Crippen molar-refractivity contribution in [2.24, 2.45) is 5.10 Å². The Morgan fingerprint density at radius 3 is 2.50 bits per heavy atom. The lowest BCUT2D eigenvalue weighted by Crippen LogP contribution is -2.25. The second kappa shape index (κ2) is 8.02. The molecule has 24 heavy (non-hydrogen) atoms. The summed E-state index contributed by atoms with van der Waals surface area (Å²) in [4.78, 5) is 10.2. The Bertz CT molecular complexity index is 775. The second-order valence-corrected chi connectivity index (χ2v) is 5.18. The predicted octanol–water partition coefficient (Wildman–Crippen LogP) is 3.31. The maximum atomic E-state index is 10.7. The van der Waals surface area contributed by atoms with Crippen LogP contribution in [-0.2, 0) is 0 Å². The number of nitrogens with one attached hydrogen (secondary N) is 2. The third-order valence-electron chi connectivity index (χ3n) is 3.18. The van der Waals surface area contributed by atoms with Gasteiger partial charge >= 0.3 is 0 Å². The summed E-state index contributed by atoms with van der Waals surface area (Å²) in [6, 6.07) is 13.5. The smallest absolute Gasteiger partial charge is 0.269 e. The van der Waals surface area contributed by atoms with E-state index in [2.05, 4.69) is 15.8 Å². The van der Waals surface area contributed by atoms with Crippen molar-refractivity contribution in [1.29, 1.82) is 0 Å². The van der Waals surface area contributed by atoms with Crippen LogP contribution in [0.5, 0.6) is 5.75 Å². The van der Waals surface area contributed by atoms with Crippen LogP contribution in [0.15, 0.2) is 53.6 Å². The molecule has 0 radical (unpaired) electrons. The highest BCUT2D eigenvalue weighted by atomic mass is 32.1. The molecule has 0 saturated carbocycles. The minimum absolute atomic E-state index is 0.0351. The van der Waals surface area contributed by atoms with Crippen LogP contribution >= 0.6 is 12.2 Å². The summed E-state index contributed by atoms with van der Waals surface area (Å²) in [7, 11) is 1.58.